The molecule has 1 aliphatic rings. The van der Waals surface area contributed by atoms with Crippen LogP contribution in [-0.2, 0) is 16.2 Å². The summed E-state index contributed by atoms with van der Waals surface area (Å²) in [6.07, 6.45) is 4.19. The minimum absolute atomic E-state index is 0.0461. The molecule has 3 N–H and O–H groups in total. The molecular formula is C22H31IN4O5. The van der Waals surface area contributed by atoms with Crippen molar-refractivity contribution in [1.82, 2.24) is 14.9 Å². The molecule has 0 unspecified atom stereocenters. The monoisotopic (exact) mass is 558 g/mol. The lowest BCUT2D eigenvalue weighted by molar-refractivity contribution is 0.0491. The Kier molecular flexibility index (Phi) is 7.53. The predicted octanol–water partition coefficient (Wildman–Crippen LogP) is 4.50. The highest BCUT2D eigenvalue weighted by molar-refractivity contribution is 14.1. The van der Waals surface area contributed by atoms with Crippen LogP contribution in [0.5, 0.6) is 0 Å². The minimum Gasteiger partial charge on any atom is -0.478 e. The summed E-state index contributed by atoms with van der Waals surface area (Å²) in [6, 6.07) is 0.142. The van der Waals surface area contributed by atoms with E-state index in [2.05, 4.69) is 38.2 Å². The van der Waals surface area contributed by atoms with Gasteiger partial charge in [-0.05, 0) is 81.5 Å². The molecule has 0 saturated heterocycles. The Hall–Kier alpha value is -2.08. The lowest BCUT2D eigenvalue weighted by Gasteiger charge is -2.31. The Labute approximate surface area is 201 Å². The van der Waals surface area contributed by atoms with Crippen LogP contribution in [-0.4, -0.2) is 51.5 Å². The van der Waals surface area contributed by atoms with E-state index in [-0.39, 0.29) is 17.6 Å². The van der Waals surface area contributed by atoms with Crippen molar-refractivity contribution in [3.63, 3.8) is 0 Å². The summed E-state index contributed by atoms with van der Waals surface area (Å²) >= 11 is 2.24. The number of aromatic nitrogens is 2. The van der Waals surface area contributed by atoms with Gasteiger partial charge >= 0.3 is 12.1 Å². The lowest BCUT2D eigenvalue weighted by Crippen LogP contribution is -2.42. The molecule has 1 amide bonds. The van der Waals surface area contributed by atoms with Gasteiger partial charge in [-0.1, -0.05) is 0 Å². The highest BCUT2D eigenvalue weighted by Crippen LogP contribution is 2.35. The van der Waals surface area contributed by atoms with E-state index in [1.807, 2.05) is 32.3 Å². The average molecular weight is 558 g/mol. The zero-order valence-corrected chi connectivity index (χ0v) is 21.3. The third-order valence-corrected chi connectivity index (χ3v) is 6.91. The van der Waals surface area contributed by atoms with Crippen LogP contribution in [0.1, 0.15) is 62.4 Å². The quantitative estimate of drug-likeness (QED) is 0.448. The molecule has 1 aliphatic carbocycles. The Morgan fingerprint density at radius 1 is 1.25 bits per heavy atom. The smallest absolute Gasteiger partial charge is 0.407 e. The Bertz CT molecular complexity index is 1010. The van der Waals surface area contributed by atoms with Crippen LogP contribution in [0.4, 0.5) is 10.5 Å². The van der Waals surface area contributed by atoms with E-state index in [0.717, 1.165) is 40.3 Å². The summed E-state index contributed by atoms with van der Waals surface area (Å²) in [5.74, 6) is -1.02. The van der Waals surface area contributed by atoms with E-state index in [1.165, 1.54) is 6.20 Å². The number of carbonyl (C=O) groups is 2. The largest absolute Gasteiger partial charge is 0.478 e. The average Bonchev–Trinajstić information content (AvgIpc) is 2.93. The molecule has 1 fully saturated rings. The van der Waals surface area contributed by atoms with E-state index in [4.69, 9.17) is 9.47 Å². The molecule has 2 heterocycles. The molecule has 0 radical (unpaired) electrons. The van der Waals surface area contributed by atoms with E-state index < -0.39 is 17.7 Å². The molecule has 0 aliphatic heterocycles. The van der Waals surface area contributed by atoms with Crippen molar-refractivity contribution in [1.29, 1.82) is 0 Å². The zero-order valence-electron chi connectivity index (χ0n) is 19.1. The van der Waals surface area contributed by atoms with Gasteiger partial charge in [0, 0.05) is 30.8 Å². The van der Waals surface area contributed by atoms with Crippen molar-refractivity contribution in [2.75, 3.05) is 12.4 Å². The molecule has 2 aromatic rings. The van der Waals surface area contributed by atoms with Gasteiger partial charge in [0.25, 0.3) is 0 Å². The third kappa shape index (κ3) is 5.45. The Morgan fingerprint density at radius 3 is 2.44 bits per heavy atom. The summed E-state index contributed by atoms with van der Waals surface area (Å²) in [6.45, 7) is 7.82. The number of carbonyl (C=O) groups excluding carboxylic acids is 1. The van der Waals surface area contributed by atoms with Crippen LogP contribution in [0.2, 0.25) is 0 Å². The first-order chi connectivity index (χ1) is 15.0. The number of carboxylic acid groups (broad SMARTS) is 1. The Morgan fingerprint density at radius 2 is 1.88 bits per heavy atom. The van der Waals surface area contributed by atoms with Gasteiger partial charge in [-0.3, -0.25) is 4.57 Å². The van der Waals surface area contributed by atoms with E-state index in [9.17, 15) is 14.7 Å². The summed E-state index contributed by atoms with van der Waals surface area (Å²) < 4.78 is 13.6. The van der Waals surface area contributed by atoms with Gasteiger partial charge in [-0.15, -0.1) is 0 Å². The first-order valence-electron chi connectivity index (χ1n) is 10.7. The second-order valence-corrected chi connectivity index (χ2v) is 10.2. The summed E-state index contributed by atoms with van der Waals surface area (Å²) in [5, 5.41) is 17.0. The van der Waals surface area contributed by atoms with Crippen LogP contribution in [0.15, 0.2) is 6.20 Å². The maximum Gasteiger partial charge on any atom is 0.407 e. The summed E-state index contributed by atoms with van der Waals surface area (Å²) in [4.78, 5) is 28.4. The van der Waals surface area contributed by atoms with Crippen LogP contribution < -0.4 is 10.6 Å². The number of rotatable bonds is 6. The van der Waals surface area contributed by atoms with Crippen molar-refractivity contribution in [3.05, 3.63) is 21.0 Å². The molecule has 0 aromatic carbocycles. The molecular weight excluding hydrogens is 527 g/mol. The molecule has 1 saturated carbocycles. The maximum atomic E-state index is 12.1. The summed E-state index contributed by atoms with van der Waals surface area (Å²) in [5.41, 5.74) is 1.88. The number of anilines is 1. The number of aromatic carboxylic acids is 1. The van der Waals surface area contributed by atoms with Crippen molar-refractivity contribution >= 4 is 51.4 Å². The number of hydrogen-bond donors (Lipinski definition) is 3. The third-order valence-electron chi connectivity index (χ3n) is 5.52. The predicted molar refractivity (Wildman–Crippen MR) is 130 cm³/mol. The molecule has 2 aromatic heterocycles. The van der Waals surface area contributed by atoms with Gasteiger partial charge in [0.05, 0.1) is 9.39 Å². The molecule has 9 nitrogen and oxygen atoms in total. The number of amides is 1. The number of nitrogens with zero attached hydrogens (tertiary/aromatic N) is 2. The highest BCUT2D eigenvalue weighted by Gasteiger charge is 2.28. The van der Waals surface area contributed by atoms with Crippen molar-refractivity contribution < 1.29 is 24.2 Å². The van der Waals surface area contributed by atoms with E-state index in [1.54, 1.807) is 7.11 Å². The van der Waals surface area contributed by atoms with Crippen molar-refractivity contribution in [2.45, 2.75) is 77.8 Å². The molecule has 176 valence electrons. The number of hydrogen-bond acceptors (Lipinski definition) is 6. The number of carboxylic acids is 1. The van der Waals surface area contributed by atoms with Gasteiger partial charge in [-0.25, -0.2) is 14.6 Å². The van der Waals surface area contributed by atoms with Crippen LogP contribution >= 0.6 is 22.6 Å². The second-order valence-electron chi connectivity index (χ2n) is 9.15. The van der Waals surface area contributed by atoms with Gasteiger partial charge in [-0.2, -0.15) is 0 Å². The minimum atomic E-state index is -1.02. The van der Waals surface area contributed by atoms with Crippen molar-refractivity contribution in [3.8, 4) is 0 Å². The van der Waals surface area contributed by atoms with Crippen LogP contribution in [0, 0.1) is 10.6 Å². The lowest BCUT2D eigenvalue weighted by atomic mass is 9.90. The van der Waals surface area contributed by atoms with Crippen LogP contribution in [0.25, 0.3) is 11.0 Å². The van der Waals surface area contributed by atoms with Crippen molar-refractivity contribution in [2.24, 2.45) is 0 Å². The fraction of sp³-hybridized carbons (Fsp3) is 0.591. The van der Waals surface area contributed by atoms with Gasteiger partial charge in [0.2, 0.25) is 0 Å². The maximum absolute atomic E-state index is 12.1. The highest BCUT2D eigenvalue weighted by atomic mass is 127. The molecule has 32 heavy (non-hydrogen) atoms. The van der Waals surface area contributed by atoms with E-state index in [0.29, 0.717) is 18.1 Å². The summed E-state index contributed by atoms with van der Waals surface area (Å²) in [7, 11) is 1.62. The number of alkyl carbamates (subject to hydrolysis) is 1. The number of fused-ring (bicyclic) bond motifs is 1. The van der Waals surface area contributed by atoms with Gasteiger partial charge < -0.3 is 25.2 Å². The SMILES string of the molecule is COCn1c(I)c(C)c2c(NC3CCC(NC(=O)OC(C)(C)C)CC3)c(C(=O)O)cnc21. The Balaban J connectivity index is 1.79. The number of nitrogens with one attached hydrogen (secondary N) is 2. The van der Waals surface area contributed by atoms with Crippen LogP contribution in [0.3, 0.4) is 0 Å². The normalized spacial score (nSPS) is 19.1. The fourth-order valence-corrected chi connectivity index (χ4v) is 4.72. The number of methoxy groups -OCH3 is 1. The van der Waals surface area contributed by atoms with Gasteiger partial charge in [0.15, 0.2) is 0 Å². The first-order valence-corrected chi connectivity index (χ1v) is 11.7. The molecule has 0 spiro atoms. The number of ether oxygens (including phenoxy) is 2. The molecule has 0 atom stereocenters. The standard InChI is InChI=1S/C22H31IN4O5/c1-12-16-17(15(20(28)29)10-24-19(16)27(11-31-5)18(12)23)25-13-6-8-14(9-7-13)26-21(30)32-22(2,3)4/h10,13-14H,6-9,11H2,1-5H3,(H,24,25)(H,26,30)(H,28,29). The fourth-order valence-electron chi connectivity index (χ4n) is 4.08. The topological polar surface area (TPSA) is 115 Å². The van der Waals surface area contributed by atoms with E-state index >= 15 is 0 Å². The molecule has 3 rings (SSSR count). The first kappa shape index (κ1) is 24.6. The molecule has 0 bridgehead atoms. The number of pyridine rings is 1. The number of aryl methyl sites for hydroxylation is 1. The van der Waals surface area contributed by atoms with Gasteiger partial charge in [0.1, 0.15) is 23.5 Å². The number of halogens is 1. The zero-order chi connectivity index (χ0) is 23.6. The molecule has 10 heteroatoms. The second kappa shape index (κ2) is 9.82.